The van der Waals surface area contributed by atoms with Crippen molar-refractivity contribution in [3.8, 4) is 0 Å². The Balaban J connectivity index is 8.13. The van der Waals surface area contributed by atoms with Gasteiger partial charge >= 0.3 is 19.8 Å². The Morgan fingerprint density at radius 1 is 0.617 bits per heavy atom. The average molecular weight is 754 g/mol. The zero-order valence-corrected chi connectivity index (χ0v) is 24.6. The summed E-state index contributed by atoms with van der Waals surface area (Å²) in [6, 6.07) is 0. The van der Waals surface area contributed by atoms with Crippen LogP contribution in [0.2, 0.25) is 0 Å². The molecule has 2 atom stereocenters. The molecule has 0 radical (unpaired) electrons. The fourth-order valence-electron chi connectivity index (χ4n) is 1.74. The van der Waals surface area contributed by atoms with Gasteiger partial charge in [0.05, 0.1) is 13.2 Å². The van der Waals surface area contributed by atoms with Crippen LogP contribution in [0.5, 0.6) is 0 Å². The zero-order chi connectivity index (χ0) is 89.9. The Bertz CT molecular complexity index is 3300. The molecule has 3 N–H and O–H groups in total. The van der Waals surface area contributed by atoms with Gasteiger partial charge in [-0.15, -0.1) is 0 Å². The monoisotopic (exact) mass is 754 g/mol. The molecule has 9 nitrogen and oxygen atoms in total. The molecular weight excluding hydrogens is 617 g/mol. The van der Waals surface area contributed by atoms with Crippen molar-refractivity contribution in [3.05, 3.63) is 0 Å². The van der Waals surface area contributed by atoms with E-state index in [1.165, 1.54) is 0 Å². The number of hydrogen-bond donors (Lipinski definition) is 2. The minimum atomic E-state index is -5.70. The molecule has 0 aliphatic heterocycles. The lowest BCUT2D eigenvalue weighted by atomic mass is 10.0. The smallest absolute Gasteiger partial charge is 0.462 e. The number of phosphoric acid groups is 1. The first-order valence-electron chi connectivity index (χ1n) is 42.9. The Labute approximate surface area is 375 Å². The van der Waals surface area contributed by atoms with Crippen molar-refractivity contribution < 1.29 is 123 Å². The maximum absolute atomic E-state index is 13.8. The van der Waals surface area contributed by atoms with Crippen LogP contribution in [0.3, 0.4) is 0 Å². The Kier molecular flexibility index (Phi) is 6.04. The van der Waals surface area contributed by atoms with Gasteiger partial charge in [-0.25, -0.2) is 4.57 Å². The van der Waals surface area contributed by atoms with Crippen molar-refractivity contribution in [1.82, 2.24) is 0 Å². The molecule has 0 aliphatic rings. The molecule has 2 unspecified atom stereocenters. The Morgan fingerprint density at radius 2 is 1.00 bits per heavy atom. The van der Waals surface area contributed by atoms with Gasteiger partial charge in [-0.2, -0.15) is 0 Å². The largest absolute Gasteiger partial charge is 0.472 e. The molecule has 0 aliphatic carbocycles. The van der Waals surface area contributed by atoms with E-state index >= 15 is 0 Å². The van der Waals surface area contributed by atoms with E-state index in [1.54, 1.807) is 0 Å². The molecule has 0 amide bonds. The van der Waals surface area contributed by atoms with Crippen molar-refractivity contribution in [1.29, 1.82) is 0 Å². The summed E-state index contributed by atoms with van der Waals surface area (Å²) in [6.07, 6.45) is -151. The van der Waals surface area contributed by atoms with Crippen LogP contribution in [0.25, 0.3) is 0 Å². The molecular formula is C37H74NO8P. The van der Waals surface area contributed by atoms with Gasteiger partial charge in [-0.1, -0.05) is 167 Å². The van der Waals surface area contributed by atoms with E-state index in [-0.39, 0.29) is 0 Å². The molecule has 0 aromatic rings. The summed E-state index contributed by atoms with van der Waals surface area (Å²) in [6.45, 7) is -14.5. The highest BCUT2D eigenvalue weighted by molar-refractivity contribution is 7.47. The van der Waals surface area contributed by atoms with E-state index < -0.39 is 244 Å². The lowest BCUT2D eigenvalue weighted by Crippen LogP contribution is -2.29. The van der Waals surface area contributed by atoms with E-state index in [9.17, 15) is 19.0 Å². The van der Waals surface area contributed by atoms with E-state index in [0.29, 0.717) is 0 Å². The highest BCUT2D eigenvalue weighted by Crippen LogP contribution is 2.43. The van der Waals surface area contributed by atoms with Crippen molar-refractivity contribution in [2.75, 3.05) is 26.4 Å². The summed E-state index contributed by atoms with van der Waals surface area (Å²) < 4.78 is 538. The fraction of sp³-hybridized carbons (Fsp3) is 0.946. The molecule has 0 saturated heterocycles. The first kappa shape index (κ1) is 8.14. The summed E-state index contributed by atoms with van der Waals surface area (Å²) >= 11 is 0. The van der Waals surface area contributed by atoms with Crippen LogP contribution in [0.4, 0.5) is 0 Å². The third kappa shape index (κ3) is 34.7. The van der Waals surface area contributed by atoms with Crippen LogP contribution >= 0.6 is 7.82 Å². The molecule has 280 valence electrons. The molecule has 0 spiro atoms. The highest BCUT2D eigenvalue weighted by atomic mass is 31.2. The number of rotatable bonds is 37. The van der Waals surface area contributed by atoms with E-state index in [1.807, 2.05) is 0 Å². The van der Waals surface area contributed by atoms with Crippen molar-refractivity contribution in [3.63, 3.8) is 0 Å². The lowest BCUT2D eigenvalue weighted by molar-refractivity contribution is -0.161. The van der Waals surface area contributed by atoms with Gasteiger partial charge in [0, 0.05) is 104 Å². The minimum Gasteiger partial charge on any atom is -0.462 e. The van der Waals surface area contributed by atoms with Crippen molar-refractivity contribution in [2.24, 2.45) is 5.73 Å². The molecule has 0 saturated carbocycles. The maximum atomic E-state index is 13.8. The molecule has 10 heteroatoms. The van der Waals surface area contributed by atoms with E-state index in [4.69, 9.17) is 90.7 Å². The molecule has 0 rings (SSSR count). The van der Waals surface area contributed by atoms with Crippen LogP contribution in [0.1, 0.15) is 277 Å². The second kappa shape index (κ2) is 34.9. The summed E-state index contributed by atoms with van der Waals surface area (Å²) in [5, 5.41) is 0. The van der Waals surface area contributed by atoms with Crippen molar-refractivity contribution >= 4 is 19.8 Å². The summed E-state index contributed by atoms with van der Waals surface area (Å²) in [5.74, 6) is -6.19. The van der Waals surface area contributed by atoms with Crippen molar-refractivity contribution in [2.45, 2.75) is 198 Å². The topological polar surface area (TPSA) is 134 Å². The first-order valence-corrected chi connectivity index (χ1v) is 13.4. The van der Waals surface area contributed by atoms with Crippen LogP contribution in [-0.2, 0) is 32.7 Å². The Morgan fingerprint density at radius 3 is 1.40 bits per heavy atom. The average Bonchev–Trinajstić information content (AvgIpc) is 0.682. The van der Waals surface area contributed by atoms with E-state index in [2.05, 4.69) is 18.5 Å². The quantitative estimate of drug-likeness (QED) is 0.0469. The highest BCUT2D eigenvalue weighted by Gasteiger charge is 2.26. The maximum Gasteiger partial charge on any atom is 0.472 e. The van der Waals surface area contributed by atoms with Gasteiger partial charge in [-0.3, -0.25) is 18.6 Å². The number of nitrogens with two attached hydrogens (primary N) is 1. The third-order valence-electron chi connectivity index (χ3n) is 3.30. The van der Waals surface area contributed by atoms with Gasteiger partial charge < -0.3 is 20.1 Å². The number of carbonyl (C=O) groups is 2. The lowest BCUT2D eigenvalue weighted by Gasteiger charge is -2.19. The predicted octanol–water partition coefficient (Wildman–Crippen LogP) is 10.5. The van der Waals surface area contributed by atoms with Crippen LogP contribution < -0.4 is 5.73 Å². The normalized spacial score (nSPS) is 42.0. The number of carbonyl (C=O) groups excluding carboxylic acids is 2. The second-order valence-corrected chi connectivity index (χ2v) is 7.97. The summed E-state index contributed by atoms with van der Waals surface area (Å²) in [7, 11) is -5.70. The van der Waals surface area contributed by atoms with Gasteiger partial charge in [0.2, 0.25) is 0 Å². The third-order valence-corrected chi connectivity index (χ3v) is 4.28. The molecule has 0 bridgehead atoms. The van der Waals surface area contributed by atoms with E-state index in [0.717, 1.165) is 0 Å². The van der Waals surface area contributed by atoms with Gasteiger partial charge in [-0.05, 0) is 12.7 Å². The summed E-state index contributed by atoms with van der Waals surface area (Å²) in [5.41, 5.74) is 5.17. The SMILES string of the molecule is [2H]C([2H])([2H])C([2H])([2H])C([2H])([2H])C([2H])([2H])C([2H])([2H])C([2H])([2H])C([2H])([2H])C([2H])([2H])C([2H])([2H])C([2H])([2H])C([2H])([2H])C([2H])([2H])C([2H])([2H])C([2H])([2H])C([2H])([2H])C(=O)OCC(COP(=O)(O)OCCN)OC(=O)C([2H])([2H])C([2H])([2H])C([2H])([2H])C([2H])([2H])C([2H])([2H])C([2H])([2H])C([2H])([2H])C([2H])([2H])C([2H])([2H])C([2H])([2H])C([2H])([2H])C([2H])([2H])C([2H])([2H])C([2H])([2H])C([2H])([2H])[2H]. The fourth-order valence-corrected chi connectivity index (χ4v) is 2.50. The Hall–Kier alpha value is -0.990. The van der Waals surface area contributed by atoms with Gasteiger partial charge in [0.1, 0.15) is 6.61 Å². The standard InChI is InChI=1S/C37H74NO8P/c1-3-5-7-9-11-13-15-17-19-21-23-25-27-29-36(39)43-33-35(34-45-47(41,42)44-32-31-38)46-37(40)30-28-26-24-22-20-18-16-14-12-10-8-6-4-2/h35H,3-34,38H2,1-2H3,(H,41,42)/i1D3,2D3,3D2,4D2,5D2,6D2,7D2,8D2,9D2,10D2,11D2,12D2,13D2,14D2,15D2,16D2,17D2,18D2,19D2,20D2,21D2,22D2,23D2,24D2,25D2,26D2,27D2,28D2,29D2,30D2. The molecule has 0 aromatic carbocycles. The van der Waals surface area contributed by atoms with Crippen LogP contribution in [-0.4, -0.2) is 49.3 Å². The first-order chi connectivity index (χ1) is 46.2. The summed E-state index contributed by atoms with van der Waals surface area (Å²) in [4.78, 5) is 37.7. The second-order valence-electron chi connectivity index (χ2n) is 6.51. The number of ether oxygens (including phenoxy) is 2. The van der Waals surface area contributed by atoms with Crippen LogP contribution in [0.15, 0.2) is 0 Å². The predicted molar refractivity (Wildman–Crippen MR) is 192 cm³/mol. The molecule has 47 heavy (non-hydrogen) atoms. The number of esters is 2. The minimum absolute atomic E-state index is 0.657. The van der Waals surface area contributed by atoms with Gasteiger partial charge in [0.25, 0.3) is 0 Å². The molecule has 0 aromatic heterocycles. The number of hydrogen-bond acceptors (Lipinski definition) is 8. The number of phosphoric ester groups is 1. The van der Waals surface area contributed by atoms with Gasteiger partial charge in [0.15, 0.2) is 6.10 Å². The molecule has 0 fully saturated rings. The van der Waals surface area contributed by atoms with Crippen LogP contribution in [0, 0.1) is 0 Å². The molecule has 0 heterocycles. The zero-order valence-electron chi connectivity index (χ0n) is 85.7.